The summed E-state index contributed by atoms with van der Waals surface area (Å²) in [5, 5.41) is 1.06. The lowest BCUT2D eigenvalue weighted by Gasteiger charge is -2.49. The van der Waals surface area contributed by atoms with Crippen LogP contribution in [0.4, 0.5) is 0 Å². The van der Waals surface area contributed by atoms with Crippen LogP contribution < -0.4 is 0 Å². The van der Waals surface area contributed by atoms with Gasteiger partial charge in [0.25, 0.3) is 5.91 Å². The minimum atomic E-state index is 0.0311. The maximum atomic E-state index is 13.0. The molecule has 0 aliphatic carbocycles. The lowest BCUT2D eigenvalue weighted by atomic mass is 9.98. The number of rotatable bonds is 5. The molecular weight excluding hydrogens is 374 g/mol. The van der Waals surface area contributed by atoms with E-state index in [9.17, 15) is 4.79 Å². The van der Waals surface area contributed by atoms with Gasteiger partial charge in [0.2, 0.25) is 0 Å². The molecule has 0 saturated carbocycles. The zero-order chi connectivity index (χ0) is 20.3. The molecule has 0 bridgehead atoms. The van der Waals surface area contributed by atoms with Crippen LogP contribution in [-0.2, 0) is 11.3 Å². The number of pyridine rings is 1. The maximum absolute atomic E-state index is 13.0. The second-order valence-corrected chi connectivity index (χ2v) is 8.25. The van der Waals surface area contributed by atoms with Crippen molar-refractivity contribution in [2.24, 2.45) is 0 Å². The molecule has 2 aliphatic rings. The monoisotopic (exact) mass is 401 g/mol. The Kier molecular flexibility index (Phi) is 5.47. The zero-order valence-corrected chi connectivity index (χ0v) is 17.1. The summed E-state index contributed by atoms with van der Waals surface area (Å²) in [6.07, 6.45) is 2.12. The lowest BCUT2D eigenvalue weighted by Crippen LogP contribution is -2.63. The molecule has 0 atom stereocenters. The summed E-state index contributed by atoms with van der Waals surface area (Å²) in [5.74, 6) is 0.0311. The largest absolute Gasteiger partial charge is 0.381 e. The molecule has 2 saturated heterocycles. The third-order valence-corrected chi connectivity index (χ3v) is 6.30. The van der Waals surface area contributed by atoms with Crippen LogP contribution in [0.2, 0.25) is 0 Å². The summed E-state index contributed by atoms with van der Waals surface area (Å²) in [5.41, 5.74) is 2.73. The topological polar surface area (TPSA) is 45.7 Å². The van der Waals surface area contributed by atoms with E-state index in [1.807, 2.05) is 41.3 Å². The smallest absolute Gasteiger partial charge is 0.272 e. The van der Waals surface area contributed by atoms with Gasteiger partial charge in [-0.15, -0.1) is 0 Å². The van der Waals surface area contributed by atoms with Crippen LogP contribution in [0.25, 0.3) is 10.9 Å². The molecule has 1 amide bonds. The molecule has 3 heterocycles. The van der Waals surface area contributed by atoms with Gasteiger partial charge in [-0.2, -0.15) is 0 Å². The van der Waals surface area contributed by atoms with Crippen molar-refractivity contribution in [3.05, 3.63) is 78.0 Å². The summed E-state index contributed by atoms with van der Waals surface area (Å²) >= 11 is 0. The number of ether oxygens (including phenoxy) is 1. The Bertz CT molecular complexity index is 1010. The number of para-hydroxylation sites is 1. The highest BCUT2D eigenvalue weighted by Gasteiger charge is 2.38. The van der Waals surface area contributed by atoms with Gasteiger partial charge in [0.15, 0.2) is 0 Å². The minimum Gasteiger partial charge on any atom is -0.381 e. The van der Waals surface area contributed by atoms with E-state index in [1.165, 1.54) is 5.56 Å². The summed E-state index contributed by atoms with van der Waals surface area (Å²) in [6, 6.07) is 23.3. The van der Waals surface area contributed by atoms with Gasteiger partial charge in [-0.3, -0.25) is 9.69 Å². The quantitative estimate of drug-likeness (QED) is 0.653. The molecule has 1 aromatic heterocycles. The molecule has 2 aliphatic heterocycles. The van der Waals surface area contributed by atoms with Crippen LogP contribution >= 0.6 is 0 Å². The van der Waals surface area contributed by atoms with Gasteiger partial charge in [0.1, 0.15) is 5.69 Å². The van der Waals surface area contributed by atoms with Crippen LogP contribution in [0.5, 0.6) is 0 Å². The first-order valence-electron chi connectivity index (χ1n) is 10.8. The standard InChI is InChI=1S/C25H27N3O2/c29-25(24-11-10-20-8-4-5-9-23(20)26-24)27-17-22(18-27)28(21-12-14-30-15-13-21)16-19-6-2-1-3-7-19/h1-11,21-22H,12-18H2. The molecule has 5 nitrogen and oxygen atoms in total. The predicted molar refractivity (Wildman–Crippen MR) is 117 cm³/mol. The van der Waals surface area contributed by atoms with E-state index in [0.717, 1.165) is 56.6 Å². The molecule has 0 unspecified atom stereocenters. The fraction of sp³-hybridized carbons (Fsp3) is 0.360. The summed E-state index contributed by atoms with van der Waals surface area (Å²) in [4.78, 5) is 22.1. The number of likely N-dealkylation sites (tertiary alicyclic amines) is 1. The van der Waals surface area contributed by atoms with E-state index in [-0.39, 0.29) is 5.91 Å². The van der Waals surface area contributed by atoms with Gasteiger partial charge in [-0.1, -0.05) is 54.6 Å². The average molecular weight is 402 g/mol. The zero-order valence-electron chi connectivity index (χ0n) is 17.1. The molecule has 3 aromatic rings. The van der Waals surface area contributed by atoms with E-state index in [4.69, 9.17) is 4.74 Å². The molecular formula is C25H27N3O2. The van der Waals surface area contributed by atoms with E-state index >= 15 is 0 Å². The highest BCUT2D eigenvalue weighted by molar-refractivity contribution is 5.95. The second kappa shape index (κ2) is 8.54. The van der Waals surface area contributed by atoms with Crippen LogP contribution in [0, 0.1) is 0 Å². The Hall–Kier alpha value is -2.76. The number of carbonyl (C=O) groups excluding carboxylic acids is 1. The average Bonchev–Trinajstić information content (AvgIpc) is 2.78. The van der Waals surface area contributed by atoms with Crippen molar-refractivity contribution in [3.8, 4) is 0 Å². The molecule has 5 rings (SSSR count). The molecule has 2 fully saturated rings. The fourth-order valence-electron chi connectivity index (χ4n) is 4.55. The first kappa shape index (κ1) is 19.2. The minimum absolute atomic E-state index is 0.0311. The summed E-state index contributed by atoms with van der Waals surface area (Å²) in [6.45, 7) is 4.10. The number of nitrogens with zero attached hydrogens (tertiary/aromatic N) is 3. The lowest BCUT2D eigenvalue weighted by molar-refractivity contribution is -0.0290. The van der Waals surface area contributed by atoms with E-state index in [0.29, 0.717) is 17.8 Å². The van der Waals surface area contributed by atoms with Crippen LogP contribution in [0.1, 0.15) is 28.9 Å². The third kappa shape index (κ3) is 3.95. The van der Waals surface area contributed by atoms with Crippen molar-refractivity contribution in [1.29, 1.82) is 0 Å². The van der Waals surface area contributed by atoms with Crippen molar-refractivity contribution in [2.45, 2.75) is 31.5 Å². The van der Waals surface area contributed by atoms with Crippen LogP contribution in [-0.4, -0.2) is 59.1 Å². The Morgan fingerprint density at radius 3 is 2.47 bits per heavy atom. The van der Waals surface area contributed by atoms with E-state index in [1.54, 1.807) is 0 Å². The molecule has 0 N–H and O–H groups in total. The highest BCUT2D eigenvalue weighted by atomic mass is 16.5. The Labute approximate surface area is 177 Å². The molecule has 2 aromatic carbocycles. The molecule has 5 heteroatoms. The maximum Gasteiger partial charge on any atom is 0.272 e. The van der Waals surface area contributed by atoms with Gasteiger partial charge in [0.05, 0.1) is 5.52 Å². The summed E-state index contributed by atoms with van der Waals surface area (Å²) in [7, 11) is 0. The van der Waals surface area contributed by atoms with Crippen LogP contribution in [0.15, 0.2) is 66.7 Å². The molecule has 30 heavy (non-hydrogen) atoms. The first-order chi connectivity index (χ1) is 14.8. The van der Waals surface area contributed by atoms with Gasteiger partial charge >= 0.3 is 0 Å². The van der Waals surface area contributed by atoms with E-state index in [2.05, 4.69) is 40.2 Å². The highest BCUT2D eigenvalue weighted by Crippen LogP contribution is 2.26. The van der Waals surface area contributed by atoms with Gasteiger partial charge in [-0.05, 0) is 30.5 Å². The third-order valence-electron chi connectivity index (χ3n) is 6.30. The SMILES string of the molecule is O=C(c1ccc2ccccc2n1)N1CC(N(Cc2ccccc2)C2CCOCC2)C1. The van der Waals surface area contributed by atoms with Crippen molar-refractivity contribution in [1.82, 2.24) is 14.8 Å². The second-order valence-electron chi connectivity index (χ2n) is 8.25. The van der Waals surface area contributed by atoms with E-state index < -0.39 is 0 Å². The van der Waals surface area contributed by atoms with Crippen molar-refractivity contribution in [3.63, 3.8) is 0 Å². The molecule has 0 radical (unpaired) electrons. The van der Waals surface area contributed by atoms with Gasteiger partial charge < -0.3 is 9.64 Å². The van der Waals surface area contributed by atoms with Crippen molar-refractivity contribution < 1.29 is 9.53 Å². The number of fused-ring (bicyclic) bond motifs is 1. The Morgan fingerprint density at radius 1 is 0.933 bits per heavy atom. The normalized spacial score (nSPS) is 18.0. The van der Waals surface area contributed by atoms with Gasteiger partial charge in [0, 0.05) is 50.3 Å². The van der Waals surface area contributed by atoms with Crippen molar-refractivity contribution in [2.75, 3.05) is 26.3 Å². The summed E-state index contributed by atoms with van der Waals surface area (Å²) < 4.78 is 5.58. The molecule has 154 valence electrons. The Balaban J connectivity index is 1.28. The number of aromatic nitrogens is 1. The number of benzene rings is 2. The Morgan fingerprint density at radius 2 is 1.67 bits per heavy atom. The number of hydrogen-bond donors (Lipinski definition) is 0. The van der Waals surface area contributed by atoms with Crippen LogP contribution in [0.3, 0.4) is 0 Å². The molecule has 0 spiro atoms. The number of carbonyl (C=O) groups is 1. The fourth-order valence-corrected chi connectivity index (χ4v) is 4.55. The van der Waals surface area contributed by atoms with Gasteiger partial charge in [-0.25, -0.2) is 4.98 Å². The predicted octanol–water partition coefficient (Wildman–Crippen LogP) is 3.74. The number of hydrogen-bond acceptors (Lipinski definition) is 4. The van der Waals surface area contributed by atoms with Crippen molar-refractivity contribution >= 4 is 16.8 Å². The first-order valence-corrected chi connectivity index (χ1v) is 10.8. The number of amides is 1.